The molecule has 1 aromatic rings. The third-order valence-electron chi connectivity index (χ3n) is 2.15. The monoisotopic (exact) mass is 274 g/mol. The van der Waals surface area contributed by atoms with Crippen LogP contribution in [-0.2, 0) is 4.79 Å². The number of thioether (sulfide) groups is 1. The van der Waals surface area contributed by atoms with Gasteiger partial charge in [-0.2, -0.15) is 0 Å². The lowest BCUT2D eigenvalue weighted by Crippen LogP contribution is -2.33. The fourth-order valence-corrected chi connectivity index (χ4v) is 2.84. The summed E-state index contributed by atoms with van der Waals surface area (Å²) in [5, 5.41) is 15.2. The lowest BCUT2D eigenvalue weighted by molar-refractivity contribution is -0.382. The van der Waals surface area contributed by atoms with Gasteiger partial charge in [-0.15, -0.1) is 11.8 Å². The molecule has 1 aromatic heterocycles. The first-order valence-electron chi connectivity index (χ1n) is 5.18. The largest absolute Gasteiger partial charge is 0.353 e. The van der Waals surface area contributed by atoms with Crippen molar-refractivity contribution in [3.8, 4) is 0 Å². The minimum absolute atomic E-state index is 0.0927. The summed E-state index contributed by atoms with van der Waals surface area (Å²) in [7, 11) is 0. The van der Waals surface area contributed by atoms with E-state index < -0.39 is 4.92 Å². The lowest BCUT2D eigenvalue weighted by atomic mass is 10.3. The molecule has 1 amide bonds. The van der Waals surface area contributed by atoms with Gasteiger partial charge in [-0.25, -0.2) is 0 Å². The Morgan fingerprint density at radius 2 is 2.41 bits per heavy atom. The Morgan fingerprint density at radius 3 is 3.00 bits per heavy atom. The minimum atomic E-state index is -0.417. The average Bonchev–Trinajstić information content (AvgIpc) is 2.74. The standard InChI is InChI=1S/C10H14N2O3S2/c1-3-7(2)11-9(13)6-17-8-4-5-16-10(8)12(14)15/h4-5,7H,3,6H2,1-2H3,(H,11,13). The van der Waals surface area contributed by atoms with E-state index in [0.717, 1.165) is 17.8 Å². The fraction of sp³-hybridized carbons (Fsp3) is 0.500. The van der Waals surface area contributed by atoms with Crippen LogP contribution in [0.5, 0.6) is 0 Å². The predicted octanol–water partition coefficient (Wildman–Crippen LogP) is 2.66. The van der Waals surface area contributed by atoms with Crippen molar-refractivity contribution in [3.05, 3.63) is 21.6 Å². The molecule has 0 spiro atoms. The molecule has 1 N–H and O–H groups in total. The van der Waals surface area contributed by atoms with E-state index in [1.807, 2.05) is 13.8 Å². The normalized spacial score (nSPS) is 12.1. The van der Waals surface area contributed by atoms with Crippen molar-refractivity contribution in [1.29, 1.82) is 0 Å². The molecule has 1 atom stereocenters. The van der Waals surface area contributed by atoms with Crippen molar-refractivity contribution in [2.75, 3.05) is 5.75 Å². The second-order valence-corrected chi connectivity index (χ2v) is 5.42. The molecule has 0 bridgehead atoms. The molecule has 0 aliphatic rings. The number of carbonyl (C=O) groups is 1. The zero-order valence-electron chi connectivity index (χ0n) is 9.63. The Balaban J connectivity index is 2.47. The Hall–Kier alpha value is -1.08. The molecule has 0 aromatic carbocycles. The van der Waals surface area contributed by atoms with Gasteiger partial charge in [-0.05, 0) is 24.8 Å². The number of nitrogens with one attached hydrogen (secondary N) is 1. The molecule has 1 unspecified atom stereocenters. The Bertz CT molecular complexity index is 406. The molecule has 0 radical (unpaired) electrons. The van der Waals surface area contributed by atoms with Gasteiger partial charge in [0, 0.05) is 6.04 Å². The Morgan fingerprint density at radius 1 is 1.71 bits per heavy atom. The number of thiophene rings is 1. The maximum Gasteiger partial charge on any atom is 0.337 e. The molecule has 0 aliphatic carbocycles. The van der Waals surface area contributed by atoms with Crippen LogP contribution in [0.4, 0.5) is 5.00 Å². The molecule has 17 heavy (non-hydrogen) atoms. The maximum atomic E-state index is 11.5. The number of hydrogen-bond donors (Lipinski definition) is 1. The van der Waals surface area contributed by atoms with Crippen LogP contribution in [0.25, 0.3) is 0 Å². The van der Waals surface area contributed by atoms with E-state index in [4.69, 9.17) is 0 Å². The van der Waals surface area contributed by atoms with Crippen LogP contribution in [0, 0.1) is 10.1 Å². The van der Waals surface area contributed by atoms with Crippen molar-refractivity contribution < 1.29 is 9.72 Å². The molecular formula is C10H14N2O3S2. The SMILES string of the molecule is CCC(C)NC(=O)CSc1ccsc1[N+](=O)[O-]. The number of hydrogen-bond acceptors (Lipinski definition) is 5. The quantitative estimate of drug-likeness (QED) is 0.492. The summed E-state index contributed by atoms with van der Waals surface area (Å²) in [5.74, 6) is 0.117. The third-order valence-corrected chi connectivity index (χ3v) is 4.19. The van der Waals surface area contributed by atoms with E-state index in [-0.39, 0.29) is 22.7 Å². The first-order valence-corrected chi connectivity index (χ1v) is 7.05. The highest BCUT2D eigenvalue weighted by atomic mass is 32.2. The Labute approximate surface area is 108 Å². The summed E-state index contributed by atoms with van der Waals surface area (Å²) in [6.07, 6.45) is 0.870. The van der Waals surface area contributed by atoms with Gasteiger partial charge in [0.15, 0.2) is 0 Å². The molecule has 5 nitrogen and oxygen atoms in total. The van der Waals surface area contributed by atoms with E-state index in [1.54, 1.807) is 11.4 Å². The van der Waals surface area contributed by atoms with Crippen molar-refractivity contribution in [2.45, 2.75) is 31.2 Å². The molecule has 0 fully saturated rings. The van der Waals surface area contributed by atoms with E-state index >= 15 is 0 Å². The summed E-state index contributed by atoms with van der Waals surface area (Å²) in [4.78, 5) is 22.3. The summed E-state index contributed by atoms with van der Waals surface area (Å²) >= 11 is 2.28. The fourth-order valence-electron chi connectivity index (χ4n) is 1.09. The molecule has 1 rings (SSSR count). The molecule has 94 valence electrons. The zero-order valence-corrected chi connectivity index (χ0v) is 11.3. The van der Waals surface area contributed by atoms with E-state index in [1.165, 1.54) is 11.8 Å². The van der Waals surface area contributed by atoms with Crippen LogP contribution in [0.3, 0.4) is 0 Å². The third kappa shape index (κ3) is 4.35. The number of nitrogens with zero attached hydrogens (tertiary/aromatic N) is 1. The van der Waals surface area contributed by atoms with Gasteiger partial charge >= 0.3 is 5.00 Å². The highest BCUT2D eigenvalue weighted by molar-refractivity contribution is 8.00. The van der Waals surface area contributed by atoms with Gasteiger partial charge in [-0.1, -0.05) is 18.3 Å². The minimum Gasteiger partial charge on any atom is -0.353 e. The van der Waals surface area contributed by atoms with Crippen LogP contribution < -0.4 is 5.32 Å². The van der Waals surface area contributed by atoms with Gasteiger partial charge in [0.1, 0.15) is 0 Å². The van der Waals surface area contributed by atoms with Crippen LogP contribution in [0.1, 0.15) is 20.3 Å². The van der Waals surface area contributed by atoms with Crippen LogP contribution in [0.2, 0.25) is 0 Å². The van der Waals surface area contributed by atoms with Crippen LogP contribution >= 0.6 is 23.1 Å². The van der Waals surface area contributed by atoms with Gasteiger partial charge < -0.3 is 5.32 Å². The molecule has 7 heteroatoms. The van der Waals surface area contributed by atoms with Crippen LogP contribution in [-0.4, -0.2) is 22.6 Å². The number of nitro groups is 1. The van der Waals surface area contributed by atoms with Gasteiger partial charge in [-0.3, -0.25) is 14.9 Å². The smallest absolute Gasteiger partial charge is 0.337 e. The van der Waals surface area contributed by atoms with Crippen molar-refractivity contribution >= 4 is 34.0 Å². The van der Waals surface area contributed by atoms with Gasteiger partial charge in [0.2, 0.25) is 5.91 Å². The van der Waals surface area contributed by atoms with E-state index in [2.05, 4.69) is 5.32 Å². The number of rotatable bonds is 6. The van der Waals surface area contributed by atoms with E-state index in [0.29, 0.717) is 4.90 Å². The number of amides is 1. The maximum absolute atomic E-state index is 11.5. The van der Waals surface area contributed by atoms with Crippen molar-refractivity contribution in [3.63, 3.8) is 0 Å². The lowest BCUT2D eigenvalue weighted by Gasteiger charge is -2.10. The summed E-state index contributed by atoms with van der Waals surface area (Å²) in [6, 6.07) is 1.81. The zero-order chi connectivity index (χ0) is 12.8. The summed E-state index contributed by atoms with van der Waals surface area (Å²) < 4.78 is 0. The summed E-state index contributed by atoms with van der Waals surface area (Å²) in [6.45, 7) is 3.91. The second kappa shape index (κ2) is 6.61. The Kier molecular flexibility index (Phi) is 5.43. The summed E-state index contributed by atoms with van der Waals surface area (Å²) in [5.41, 5.74) is 0. The average molecular weight is 274 g/mol. The predicted molar refractivity (Wildman–Crippen MR) is 69.6 cm³/mol. The topological polar surface area (TPSA) is 72.2 Å². The molecule has 0 aliphatic heterocycles. The van der Waals surface area contributed by atoms with Crippen molar-refractivity contribution in [2.24, 2.45) is 0 Å². The number of carbonyl (C=O) groups excluding carboxylic acids is 1. The first-order chi connectivity index (χ1) is 8.04. The van der Waals surface area contributed by atoms with Crippen LogP contribution in [0.15, 0.2) is 16.3 Å². The molecule has 0 saturated carbocycles. The van der Waals surface area contributed by atoms with Gasteiger partial charge in [0.05, 0.1) is 15.6 Å². The second-order valence-electron chi connectivity index (χ2n) is 3.51. The molecule has 1 heterocycles. The van der Waals surface area contributed by atoms with E-state index in [9.17, 15) is 14.9 Å². The molecular weight excluding hydrogens is 260 g/mol. The molecule has 0 saturated heterocycles. The first kappa shape index (κ1) is 14.0. The van der Waals surface area contributed by atoms with Gasteiger partial charge in [0.25, 0.3) is 0 Å². The highest BCUT2D eigenvalue weighted by Crippen LogP contribution is 2.33. The van der Waals surface area contributed by atoms with Crippen molar-refractivity contribution in [1.82, 2.24) is 5.32 Å². The highest BCUT2D eigenvalue weighted by Gasteiger charge is 2.17.